The predicted octanol–water partition coefficient (Wildman–Crippen LogP) is 0.916. The zero-order valence-corrected chi connectivity index (χ0v) is 9.22. The summed E-state index contributed by atoms with van der Waals surface area (Å²) in [7, 11) is -3.54. The topological polar surface area (TPSA) is 63.4 Å². The molecule has 1 aliphatic carbocycles. The molecular formula is C8H12N2O2S2. The van der Waals surface area contributed by atoms with E-state index in [1.165, 1.54) is 4.31 Å². The minimum atomic E-state index is -3.54. The van der Waals surface area contributed by atoms with Crippen molar-refractivity contribution in [2.75, 3.05) is 0 Å². The molecule has 2 rings (SSSR count). The van der Waals surface area contributed by atoms with Crippen molar-refractivity contribution in [3.63, 3.8) is 0 Å². The second-order valence-electron chi connectivity index (χ2n) is 3.40. The molecule has 0 aliphatic heterocycles. The number of hydrogen-bond acceptors (Lipinski definition) is 3. The Hall–Kier alpha value is -0.430. The molecular weight excluding hydrogens is 220 g/mol. The number of thiophene rings is 1. The summed E-state index contributed by atoms with van der Waals surface area (Å²) in [5.74, 6) is 0. The molecule has 0 unspecified atom stereocenters. The average molecular weight is 232 g/mol. The average Bonchev–Trinajstić information content (AvgIpc) is 2.77. The zero-order chi connectivity index (χ0) is 10.2. The minimum Gasteiger partial charge on any atom is -0.216 e. The van der Waals surface area contributed by atoms with E-state index < -0.39 is 10.2 Å². The molecule has 0 atom stereocenters. The number of nitrogens with two attached hydrogens (primary N) is 1. The van der Waals surface area contributed by atoms with Crippen molar-refractivity contribution in [1.82, 2.24) is 4.31 Å². The van der Waals surface area contributed by atoms with Gasteiger partial charge in [0.15, 0.2) is 0 Å². The molecule has 2 N–H and O–H groups in total. The Morgan fingerprint density at radius 1 is 1.57 bits per heavy atom. The van der Waals surface area contributed by atoms with Gasteiger partial charge in [-0.25, -0.2) is 5.14 Å². The molecule has 78 valence electrons. The highest BCUT2D eigenvalue weighted by atomic mass is 32.2. The van der Waals surface area contributed by atoms with Crippen LogP contribution < -0.4 is 5.14 Å². The SMILES string of the molecule is NS(=O)(=O)N(Cc1cccs1)C1CC1. The molecule has 1 fully saturated rings. The smallest absolute Gasteiger partial charge is 0.216 e. The maximum atomic E-state index is 11.2. The van der Waals surface area contributed by atoms with Gasteiger partial charge in [0.2, 0.25) is 0 Å². The van der Waals surface area contributed by atoms with Crippen molar-refractivity contribution < 1.29 is 8.42 Å². The summed E-state index contributed by atoms with van der Waals surface area (Å²) in [6.07, 6.45) is 1.86. The van der Waals surface area contributed by atoms with Crippen molar-refractivity contribution >= 4 is 21.5 Å². The first-order chi connectivity index (χ1) is 6.57. The van der Waals surface area contributed by atoms with Gasteiger partial charge >= 0.3 is 0 Å². The molecule has 1 saturated carbocycles. The molecule has 0 bridgehead atoms. The standard InChI is InChI=1S/C8H12N2O2S2/c9-14(11,12)10(7-3-4-7)6-8-2-1-5-13-8/h1-2,5,7H,3-4,6H2,(H2,9,11,12). The molecule has 6 heteroatoms. The van der Waals surface area contributed by atoms with Gasteiger partial charge in [0.1, 0.15) is 0 Å². The van der Waals surface area contributed by atoms with Gasteiger partial charge in [0, 0.05) is 17.5 Å². The van der Waals surface area contributed by atoms with E-state index in [0.29, 0.717) is 6.54 Å². The highest BCUT2D eigenvalue weighted by Gasteiger charge is 2.35. The summed E-state index contributed by atoms with van der Waals surface area (Å²) in [5.41, 5.74) is 0. The number of hydrogen-bond donors (Lipinski definition) is 1. The van der Waals surface area contributed by atoms with Gasteiger partial charge in [-0.1, -0.05) is 6.07 Å². The summed E-state index contributed by atoms with van der Waals surface area (Å²) >= 11 is 1.55. The quantitative estimate of drug-likeness (QED) is 0.839. The molecule has 1 aliphatic rings. The summed E-state index contributed by atoms with van der Waals surface area (Å²) in [6.45, 7) is 0.418. The van der Waals surface area contributed by atoms with Gasteiger partial charge in [-0.05, 0) is 24.3 Å². The molecule has 4 nitrogen and oxygen atoms in total. The fraction of sp³-hybridized carbons (Fsp3) is 0.500. The van der Waals surface area contributed by atoms with Crippen LogP contribution in [0.1, 0.15) is 17.7 Å². The fourth-order valence-corrected chi connectivity index (χ4v) is 3.08. The third-order valence-corrected chi connectivity index (χ3v) is 4.11. The van der Waals surface area contributed by atoms with Crippen molar-refractivity contribution in [2.45, 2.75) is 25.4 Å². The van der Waals surface area contributed by atoms with E-state index in [2.05, 4.69) is 0 Å². The van der Waals surface area contributed by atoms with Crippen LogP contribution in [0.4, 0.5) is 0 Å². The van der Waals surface area contributed by atoms with Crippen molar-refractivity contribution in [2.24, 2.45) is 5.14 Å². The van der Waals surface area contributed by atoms with Crippen LogP contribution in [0.5, 0.6) is 0 Å². The maximum absolute atomic E-state index is 11.2. The number of nitrogens with zero attached hydrogens (tertiary/aromatic N) is 1. The van der Waals surface area contributed by atoms with Crippen LogP contribution in [0, 0.1) is 0 Å². The van der Waals surface area contributed by atoms with Crippen LogP contribution in [0.15, 0.2) is 17.5 Å². The van der Waals surface area contributed by atoms with Crippen molar-refractivity contribution in [3.05, 3.63) is 22.4 Å². The molecule has 1 heterocycles. The van der Waals surface area contributed by atoms with Crippen LogP contribution in [0.3, 0.4) is 0 Å². The second-order valence-corrected chi connectivity index (χ2v) is 5.93. The van der Waals surface area contributed by atoms with Crippen molar-refractivity contribution in [1.29, 1.82) is 0 Å². The largest absolute Gasteiger partial charge is 0.277 e. The third-order valence-electron chi connectivity index (χ3n) is 2.17. The minimum absolute atomic E-state index is 0.132. The molecule has 0 saturated heterocycles. The van der Waals surface area contributed by atoms with Crippen LogP contribution in [0.2, 0.25) is 0 Å². The first-order valence-electron chi connectivity index (χ1n) is 4.39. The van der Waals surface area contributed by atoms with E-state index in [-0.39, 0.29) is 6.04 Å². The fourth-order valence-electron chi connectivity index (χ4n) is 1.35. The van der Waals surface area contributed by atoms with Gasteiger partial charge in [-0.2, -0.15) is 12.7 Å². The molecule has 0 aromatic carbocycles. The molecule has 14 heavy (non-hydrogen) atoms. The molecule has 1 aromatic heterocycles. The molecule has 0 spiro atoms. The first kappa shape index (κ1) is 10.1. The Balaban J connectivity index is 2.13. The molecule has 0 radical (unpaired) electrons. The van der Waals surface area contributed by atoms with Gasteiger partial charge in [-0.15, -0.1) is 11.3 Å². The van der Waals surface area contributed by atoms with Crippen LogP contribution in [0.25, 0.3) is 0 Å². The van der Waals surface area contributed by atoms with Crippen LogP contribution in [-0.4, -0.2) is 18.8 Å². The van der Waals surface area contributed by atoms with E-state index in [1.807, 2.05) is 17.5 Å². The van der Waals surface area contributed by atoms with E-state index in [9.17, 15) is 8.42 Å². The van der Waals surface area contributed by atoms with Crippen molar-refractivity contribution in [3.8, 4) is 0 Å². The Kier molecular flexibility index (Phi) is 2.61. The molecule has 0 amide bonds. The zero-order valence-electron chi connectivity index (χ0n) is 7.59. The predicted molar refractivity (Wildman–Crippen MR) is 56.0 cm³/mol. The molecule has 1 aromatic rings. The normalized spacial score (nSPS) is 17.6. The van der Waals surface area contributed by atoms with Gasteiger partial charge in [0.05, 0.1) is 0 Å². The first-order valence-corrected chi connectivity index (χ1v) is 6.77. The lowest BCUT2D eigenvalue weighted by Crippen LogP contribution is -2.37. The lowest BCUT2D eigenvalue weighted by Gasteiger charge is -2.17. The summed E-state index contributed by atoms with van der Waals surface area (Å²) in [4.78, 5) is 1.03. The van der Waals surface area contributed by atoms with Gasteiger partial charge in [-0.3, -0.25) is 0 Å². The van der Waals surface area contributed by atoms with Gasteiger partial charge < -0.3 is 0 Å². The van der Waals surface area contributed by atoms with E-state index in [4.69, 9.17) is 5.14 Å². The highest BCUT2D eigenvalue weighted by molar-refractivity contribution is 7.86. The third kappa shape index (κ3) is 2.33. The summed E-state index contributed by atoms with van der Waals surface area (Å²) in [5, 5.41) is 7.07. The van der Waals surface area contributed by atoms with Gasteiger partial charge in [0.25, 0.3) is 10.2 Å². The van der Waals surface area contributed by atoms with E-state index >= 15 is 0 Å². The van der Waals surface area contributed by atoms with Crippen LogP contribution >= 0.6 is 11.3 Å². The van der Waals surface area contributed by atoms with E-state index in [0.717, 1.165) is 17.7 Å². The Bertz CT molecular complexity index is 395. The Morgan fingerprint density at radius 3 is 2.71 bits per heavy atom. The Labute approximate surface area is 87.5 Å². The maximum Gasteiger partial charge on any atom is 0.277 e. The second kappa shape index (κ2) is 3.62. The lowest BCUT2D eigenvalue weighted by molar-refractivity contribution is 0.402. The lowest BCUT2D eigenvalue weighted by atomic mass is 10.4. The summed E-state index contributed by atoms with van der Waals surface area (Å²) in [6, 6.07) is 3.96. The summed E-state index contributed by atoms with van der Waals surface area (Å²) < 4.78 is 23.9. The monoisotopic (exact) mass is 232 g/mol. The van der Waals surface area contributed by atoms with E-state index in [1.54, 1.807) is 11.3 Å². The van der Waals surface area contributed by atoms with Crippen LogP contribution in [-0.2, 0) is 16.8 Å². The number of rotatable bonds is 4. The Morgan fingerprint density at radius 2 is 2.29 bits per heavy atom. The highest BCUT2D eigenvalue weighted by Crippen LogP contribution is 2.30.